The zero-order valence-corrected chi connectivity index (χ0v) is 20.9. The fourth-order valence-electron chi connectivity index (χ4n) is 6.39. The quantitative estimate of drug-likeness (QED) is 0.358. The Morgan fingerprint density at radius 3 is 1.74 bits per heavy atom. The van der Waals surface area contributed by atoms with Crippen molar-refractivity contribution >= 4 is 0 Å². The first-order chi connectivity index (χ1) is 14.9. The van der Waals surface area contributed by atoms with E-state index in [0.29, 0.717) is 0 Å². The van der Waals surface area contributed by atoms with E-state index >= 15 is 0 Å². The first kappa shape index (κ1) is 26.0. The van der Waals surface area contributed by atoms with Crippen molar-refractivity contribution in [3.8, 4) is 0 Å². The molecule has 3 fully saturated rings. The standard InChI is InChI=1S/C13H22.C10H16.C8H12/c1-4-7-8-13-10-11(5-2)9-12(13)6-3;1-4-9-6-8(3)10(5-2)7-9;1-6-4-7-2-3-8(6)5-7/h5-6,11-13H,2-4,7-10H2,1H3;4-5,8-10H,1-2,6-7H2,3H3;2-3,6-8H,4-5H2,1H3/t;;6?,7-,8-/m..0/s1. The number of rotatable bonds is 7. The van der Waals surface area contributed by atoms with Gasteiger partial charge in [-0.1, -0.05) is 70.1 Å². The second-order valence-electron chi connectivity index (χ2n) is 10.9. The molecular formula is C31H50. The molecule has 0 heterocycles. The summed E-state index contributed by atoms with van der Waals surface area (Å²) in [5, 5.41) is 0. The van der Waals surface area contributed by atoms with Gasteiger partial charge in [0.1, 0.15) is 0 Å². The predicted molar refractivity (Wildman–Crippen MR) is 140 cm³/mol. The van der Waals surface area contributed by atoms with E-state index < -0.39 is 0 Å². The summed E-state index contributed by atoms with van der Waals surface area (Å²) < 4.78 is 0. The van der Waals surface area contributed by atoms with E-state index in [2.05, 4.69) is 83.5 Å². The highest BCUT2D eigenvalue weighted by Crippen LogP contribution is 2.43. The Balaban J connectivity index is 0.000000170. The third-order valence-electron chi connectivity index (χ3n) is 8.58. The van der Waals surface area contributed by atoms with Crippen LogP contribution in [-0.4, -0.2) is 0 Å². The van der Waals surface area contributed by atoms with Gasteiger partial charge in [-0.05, 0) is 98.2 Å². The molecule has 7 unspecified atom stereocenters. The van der Waals surface area contributed by atoms with Gasteiger partial charge in [0, 0.05) is 0 Å². The normalized spacial score (nSPS) is 39.8. The van der Waals surface area contributed by atoms with Gasteiger partial charge < -0.3 is 0 Å². The minimum Gasteiger partial charge on any atom is -0.103 e. The summed E-state index contributed by atoms with van der Waals surface area (Å²) in [6, 6.07) is 0. The number of allylic oxidation sites excluding steroid dienone is 6. The van der Waals surface area contributed by atoms with Crippen LogP contribution in [0.5, 0.6) is 0 Å². The minimum absolute atomic E-state index is 0.739. The molecule has 4 aliphatic rings. The lowest BCUT2D eigenvalue weighted by molar-refractivity contribution is 0.410. The van der Waals surface area contributed by atoms with Gasteiger partial charge >= 0.3 is 0 Å². The van der Waals surface area contributed by atoms with Gasteiger partial charge in [0.15, 0.2) is 0 Å². The largest absolute Gasteiger partial charge is 0.103 e. The summed E-state index contributed by atoms with van der Waals surface area (Å²) in [4.78, 5) is 0. The average Bonchev–Trinajstić information content (AvgIpc) is 3.56. The van der Waals surface area contributed by atoms with Crippen LogP contribution < -0.4 is 0 Å². The summed E-state index contributed by atoms with van der Waals surface area (Å²) >= 11 is 0. The van der Waals surface area contributed by atoms with E-state index in [1.54, 1.807) is 0 Å². The summed E-state index contributed by atoms with van der Waals surface area (Å²) in [5.74, 6) is 7.63. The van der Waals surface area contributed by atoms with Gasteiger partial charge in [-0.15, -0.1) is 26.3 Å². The molecule has 4 rings (SSSR count). The van der Waals surface area contributed by atoms with E-state index in [1.807, 2.05) is 0 Å². The number of hydrogen-bond acceptors (Lipinski definition) is 0. The molecule has 174 valence electrons. The first-order valence-corrected chi connectivity index (χ1v) is 13.1. The molecule has 0 aromatic carbocycles. The topological polar surface area (TPSA) is 0 Å². The molecule has 3 saturated carbocycles. The molecule has 0 saturated heterocycles. The lowest BCUT2D eigenvalue weighted by Crippen LogP contribution is -2.04. The fraction of sp³-hybridized carbons (Fsp3) is 0.677. The van der Waals surface area contributed by atoms with Crippen LogP contribution in [0.3, 0.4) is 0 Å². The van der Waals surface area contributed by atoms with Crippen LogP contribution >= 0.6 is 0 Å². The van der Waals surface area contributed by atoms with Gasteiger partial charge in [0.05, 0.1) is 0 Å². The highest BCUT2D eigenvalue weighted by atomic mass is 14.4. The number of fused-ring (bicyclic) bond motifs is 2. The molecule has 0 aromatic rings. The van der Waals surface area contributed by atoms with Crippen molar-refractivity contribution in [2.24, 2.45) is 53.3 Å². The van der Waals surface area contributed by atoms with Gasteiger partial charge in [0.25, 0.3) is 0 Å². The van der Waals surface area contributed by atoms with Crippen molar-refractivity contribution in [2.45, 2.75) is 78.6 Å². The summed E-state index contributed by atoms with van der Waals surface area (Å²) in [7, 11) is 0. The molecule has 0 N–H and O–H groups in total. The van der Waals surface area contributed by atoms with Crippen LogP contribution in [0.1, 0.15) is 78.6 Å². The second kappa shape index (κ2) is 13.3. The Labute approximate surface area is 194 Å². The van der Waals surface area contributed by atoms with Crippen LogP contribution in [0.4, 0.5) is 0 Å². The highest BCUT2D eigenvalue weighted by molar-refractivity contribution is 5.09. The van der Waals surface area contributed by atoms with Crippen molar-refractivity contribution in [3.63, 3.8) is 0 Å². The smallest absolute Gasteiger partial charge is 0.0202 e. The number of unbranched alkanes of at least 4 members (excludes halogenated alkanes) is 1. The maximum Gasteiger partial charge on any atom is -0.0202 e. The Morgan fingerprint density at radius 2 is 1.35 bits per heavy atom. The molecule has 9 atom stereocenters. The Morgan fingerprint density at radius 1 is 0.710 bits per heavy atom. The Hall–Kier alpha value is -1.30. The molecule has 2 bridgehead atoms. The predicted octanol–water partition coefficient (Wildman–Crippen LogP) is 9.43. The summed E-state index contributed by atoms with van der Waals surface area (Å²) in [6.45, 7) is 22.4. The van der Waals surface area contributed by atoms with E-state index in [9.17, 15) is 0 Å². The Bertz CT molecular complexity index is 595. The van der Waals surface area contributed by atoms with Crippen molar-refractivity contribution < 1.29 is 0 Å². The summed E-state index contributed by atoms with van der Waals surface area (Å²) in [6.07, 6.45) is 25.5. The monoisotopic (exact) mass is 422 g/mol. The molecule has 0 aliphatic heterocycles. The third kappa shape index (κ3) is 7.65. The Kier molecular flexibility index (Phi) is 11.1. The second-order valence-corrected chi connectivity index (χ2v) is 10.9. The molecule has 0 radical (unpaired) electrons. The molecule has 0 nitrogen and oxygen atoms in total. The van der Waals surface area contributed by atoms with Gasteiger partial charge in [0.2, 0.25) is 0 Å². The van der Waals surface area contributed by atoms with Gasteiger partial charge in [-0.25, -0.2) is 0 Å². The van der Waals surface area contributed by atoms with E-state index in [4.69, 9.17) is 0 Å². The van der Waals surface area contributed by atoms with Crippen molar-refractivity contribution in [3.05, 3.63) is 62.8 Å². The third-order valence-corrected chi connectivity index (χ3v) is 8.58. The zero-order valence-electron chi connectivity index (χ0n) is 20.9. The minimum atomic E-state index is 0.739. The maximum atomic E-state index is 3.94. The molecule has 31 heavy (non-hydrogen) atoms. The highest BCUT2D eigenvalue weighted by Gasteiger charge is 2.32. The first-order valence-electron chi connectivity index (χ1n) is 13.1. The molecule has 4 aliphatic carbocycles. The lowest BCUT2D eigenvalue weighted by Gasteiger charge is -2.14. The van der Waals surface area contributed by atoms with E-state index in [0.717, 1.165) is 53.3 Å². The van der Waals surface area contributed by atoms with Crippen LogP contribution in [0.15, 0.2) is 62.8 Å². The van der Waals surface area contributed by atoms with Crippen molar-refractivity contribution in [2.75, 3.05) is 0 Å². The van der Waals surface area contributed by atoms with E-state index in [-0.39, 0.29) is 0 Å². The summed E-state index contributed by atoms with van der Waals surface area (Å²) in [5.41, 5.74) is 0. The van der Waals surface area contributed by atoms with Crippen molar-refractivity contribution in [1.82, 2.24) is 0 Å². The number of hydrogen-bond donors (Lipinski definition) is 0. The van der Waals surface area contributed by atoms with Crippen LogP contribution in [0.2, 0.25) is 0 Å². The zero-order chi connectivity index (χ0) is 22.8. The van der Waals surface area contributed by atoms with E-state index in [1.165, 1.54) is 57.8 Å². The lowest BCUT2D eigenvalue weighted by atomic mass is 9.91. The van der Waals surface area contributed by atoms with Crippen molar-refractivity contribution in [1.29, 1.82) is 0 Å². The molecule has 0 aromatic heterocycles. The van der Waals surface area contributed by atoms with Gasteiger partial charge in [-0.3, -0.25) is 0 Å². The van der Waals surface area contributed by atoms with Crippen LogP contribution in [-0.2, 0) is 0 Å². The van der Waals surface area contributed by atoms with Crippen LogP contribution in [0.25, 0.3) is 0 Å². The molecular weight excluding hydrogens is 372 g/mol. The maximum absolute atomic E-state index is 3.94. The molecule has 0 heteroatoms. The average molecular weight is 423 g/mol. The molecule has 0 spiro atoms. The van der Waals surface area contributed by atoms with Crippen LogP contribution in [0, 0.1) is 53.3 Å². The van der Waals surface area contributed by atoms with Gasteiger partial charge in [-0.2, -0.15) is 0 Å². The fourth-order valence-corrected chi connectivity index (χ4v) is 6.39. The molecule has 0 amide bonds. The SMILES string of the molecule is C=CC1CC(C)C(C=C)C1.C=CC1CC(C=C)C(CCCC)C1.CC1C[C@@H]2C=C[C@H]1C2.